The first-order valence-corrected chi connectivity index (χ1v) is 19.4. The van der Waals surface area contributed by atoms with Crippen molar-refractivity contribution in [1.82, 2.24) is 0 Å². The number of benzene rings is 4. The van der Waals surface area contributed by atoms with Crippen LogP contribution in [0.15, 0.2) is 97.1 Å². The molecular formula is C40H52I2+2. The van der Waals surface area contributed by atoms with Gasteiger partial charge in [0.1, 0.15) is 0 Å². The quantitative estimate of drug-likeness (QED) is 0.261. The molecule has 0 unspecified atom stereocenters. The van der Waals surface area contributed by atoms with Crippen molar-refractivity contribution in [3.8, 4) is 0 Å². The molecule has 0 saturated heterocycles. The van der Waals surface area contributed by atoms with E-state index in [1.807, 2.05) is 0 Å². The topological polar surface area (TPSA) is 0 Å². The summed E-state index contributed by atoms with van der Waals surface area (Å²) in [5, 5.41) is 0. The van der Waals surface area contributed by atoms with Crippen molar-refractivity contribution >= 4 is 0 Å². The Morgan fingerprint density at radius 3 is 1.07 bits per heavy atom. The average Bonchev–Trinajstić information content (AvgIpc) is 2.88. The molecule has 0 bridgehead atoms. The monoisotopic (exact) mass is 786 g/mol. The van der Waals surface area contributed by atoms with Gasteiger partial charge in [0.05, 0.1) is 0 Å². The minimum absolute atomic E-state index is 0.0208. The third-order valence-electron chi connectivity index (χ3n) is 7.15. The van der Waals surface area contributed by atoms with Crippen LogP contribution in [-0.2, 0) is 21.7 Å². The Morgan fingerprint density at radius 2 is 0.714 bits per heavy atom. The third-order valence-corrected chi connectivity index (χ3v) is 12.9. The minimum Gasteiger partial charge on any atom is -0.0619 e. The highest BCUT2D eigenvalue weighted by atomic mass is 127. The van der Waals surface area contributed by atoms with E-state index in [2.05, 4.69) is 180 Å². The predicted molar refractivity (Wildman–Crippen MR) is 175 cm³/mol. The number of hydrogen-bond acceptors (Lipinski definition) is 0. The highest BCUT2D eigenvalue weighted by Gasteiger charge is 2.36. The summed E-state index contributed by atoms with van der Waals surface area (Å²) in [5.41, 5.74) is 6.70. The summed E-state index contributed by atoms with van der Waals surface area (Å²) in [7, 11) is 0. The van der Waals surface area contributed by atoms with Crippen molar-refractivity contribution in [3.05, 3.63) is 134 Å². The van der Waals surface area contributed by atoms with Gasteiger partial charge in [-0.1, -0.05) is 144 Å². The lowest BCUT2D eigenvalue weighted by atomic mass is 9.75. The molecule has 0 heterocycles. The molecular weight excluding hydrogens is 734 g/mol. The molecule has 0 atom stereocenters. The highest BCUT2D eigenvalue weighted by Crippen LogP contribution is 2.34. The van der Waals surface area contributed by atoms with E-state index < -0.39 is 0 Å². The molecule has 0 spiro atoms. The first-order valence-electron chi connectivity index (χ1n) is 15.1. The SMILES string of the molecule is CC(C)(C)c1cc(C(C)(C)C)c([I+]c2ccccc2)c(C(C)(C)C)c1.CC(C)(C)c1ccc([I+]c2ccccc2)cc1. The number of rotatable bonds is 4. The molecule has 0 aliphatic carbocycles. The largest absolute Gasteiger partial charge is 0.358 e. The Labute approximate surface area is 278 Å². The molecule has 0 nitrogen and oxygen atoms in total. The number of hydrogen-bond donors (Lipinski definition) is 0. The summed E-state index contributed by atoms with van der Waals surface area (Å²) >= 11 is -0.217. The lowest BCUT2D eigenvalue weighted by Gasteiger charge is -2.29. The maximum absolute atomic E-state index is 2.49. The average molecular weight is 787 g/mol. The summed E-state index contributed by atoms with van der Waals surface area (Å²) in [4.78, 5) is 0. The van der Waals surface area contributed by atoms with Gasteiger partial charge in [-0.2, -0.15) is 0 Å². The zero-order chi connectivity index (χ0) is 31.3. The molecule has 0 radical (unpaired) electrons. The van der Waals surface area contributed by atoms with Crippen LogP contribution in [-0.4, -0.2) is 0 Å². The van der Waals surface area contributed by atoms with E-state index in [1.54, 1.807) is 14.7 Å². The van der Waals surface area contributed by atoms with Gasteiger partial charge in [-0.05, 0) is 69.2 Å². The second kappa shape index (κ2) is 14.0. The van der Waals surface area contributed by atoms with Gasteiger partial charge >= 0.3 is 42.4 Å². The van der Waals surface area contributed by atoms with E-state index in [4.69, 9.17) is 0 Å². The van der Waals surface area contributed by atoms with E-state index in [-0.39, 0.29) is 64.1 Å². The van der Waals surface area contributed by atoms with E-state index >= 15 is 0 Å². The van der Waals surface area contributed by atoms with Crippen LogP contribution in [0.2, 0.25) is 0 Å². The molecule has 4 aromatic rings. The Balaban J connectivity index is 0.000000247. The fourth-order valence-electron chi connectivity index (χ4n) is 4.45. The Morgan fingerprint density at radius 1 is 0.357 bits per heavy atom. The summed E-state index contributed by atoms with van der Waals surface area (Å²) in [6.45, 7) is 27.9. The zero-order valence-corrected chi connectivity index (χ0v) is 32.3. The molecule has 0 aromatic heterocycles. The van der Waals surface area contributed by atoms with Crippen LogP contribution >= 0.6 is 0 Å². The third kappa shape index (κ3) is 10.2. The van der Waals surface area contributed by atoms with Gasteiger partial charge in [0, 0.05) is 11.1 Å². The van der Waals surface area contributed by atoms with Crippen molar-refractivity contribution in [2.24, 2.45) is 0 Å². The molecule has 4 aromatic carbocycles. The van der Waals surface area contributed by atoms with E-state index in [0.717, 1.165) is 0 Å². The van der Waals surface area contributed by atoms with Crippen LogP contribution in [0.5, 0.6) is 0 Å². The van der Waals surface area contributed by atoms with Crippen molar-refractivity contribution in [1.29, 1.82) is 0 Å². The maximum Gasteiger partial charge on any atom is 0.358 e. The van der Waals surface area contributed by atoms with Crippen molar-refractivity contribution in [2.75, 3.05) is 0 Å². The maximum atomic E-state index is 2.49. The van der Waals surface area contributed by atoms with Crippen LogP contribution in [0.4, 0.5) is 0 Å². The molecule has 0 amide bonds. The lowest BCUT2D eigenvalue weighted by molar-refractivity contribution is -0.599. The molecule has 4 rings (SSSR count). The second-order valence-corrected chi connectivity index (χ2v) is 21.1. The van der Waals surface area contributed by atoms with Crippen LogP contribution < -0.4 is 42.4 Å². The van der Waals surface area contributed by atoms with Crippen LogP contribution in [0.3, 0.4) is 0 Å². The zero-order valence-electron chi connectivity index (χ0n) is 28.0. The van der Waals surface area contributed by atoms with E-state index in [1.165, 1.54) is 21.8 Å². The molecule has 42 heavy (non-hydrogen) atoms. The standard InChI is InChI=1S/C24H34I.C16H18I/c1-22(2,3)17-15-19(23(4,5)6)21(20(16-17)24(7,8)9)25-18-13-11-10-12-14-18;1-16(2,3)13-9-11-15(12-10-13)17-14-7-5-4-6-8-14/h10-16H,1-9H3;4-12H,1-3H3/q2*+1. The summed E-state index contributed by atoms with van der Waals surface area (Å²) in [6.07, 6.45) is 0. The Hall–Kier alpha value is -1.66. The van der Waals surface area contributed by atoms with Gasteiger partial charge in [-0.25, -0.2) is 0 Å². The van der Waals surface area contributed by atoms with Gasteiger partial charge < -0.3 is 0 Å². The van der Waals surface area contributed by atoms with Crippen molar-refractivity contribution in [3.63, 3.8) is 0 Å². The first-order chi connectivity index (χ1) is 19.4. The molecule has 0 fully saturated rings. The Kier molecular flexibility index (Phi) is 11.6. The van der Waals surface area contributed by atoms with Crippen LogP contribution in [0.1, 0.15) is 105 Å². The van der Waals surface area contributed by atoms with Crippen molar-refractivity contribution in [2.45, 2.75) is 105 Å². The Bertz CT molecular complexity index is 1370. The second-order valence-electron chi connectivity index (χ2n) is 15.2. The predicted octanol–water partition coefficient (Wildman–Crippen LogP) is 4.82. The van der Waals surface area contributed by atoms with Gasteiger partial charge in [-0.15, -0.1) is 0 Å². The summed E-state index contributed by atoms with van der Waals surface area (Å²) in [5.74, 6) is 0. The van der Waals surface area contributed by atoms with Gasteiger partial charge in [0.2, 0.25) is 3.57 Å². The lowest BCUT2D eigenvalue weighted by Crippen LogP contribution is -3.62. The molecule has 0 saturated carbocycles. The summed E-state index contributed by atoms with van der Waals surface area (Å²) in [6, 6.07) is 36.0. The fourth-order valence-corrected chi connectivity index (χ4v) is 10.6. The fraction of sp³-hybridized carbons (Fsp3) is 0.400. The molecule has 0 N–H and O–H groups in total. The smallest absolute Gasteiger partial charge is 0.0619 e. The first kappa shape index (κ1) is 34.8. The van der Waals surface area contributed by atoms with E-state index in [9.17, 15) is 0 Å². The molecule has 224 valence electrons. The van der Waals surface area contributed by atoms with Gasteiger partial charge in [-0.3, -0.25) is 0 Å². The van der Waals surface area contributed by atoms with Gasteiger partial charge in [0.15, 0.2) is 10.7 Å². The van der Waals surface area contributed by atoms with Crippen LogP contribution in [0, 0.1) is 14.3 Å². The van der Waals surface area contributed by atoms with Crippen molar-refractivity contribution < 1.29 is 42.4 Å². The molecule has 2 heteroatoms. The normalized spacial score (nSPS) is 12.5. The minimum atomic E-state index is -0.196. The molecule has 0 aliphatic heterocycles. The molecule has 0 aliphatic rings. The van der Waals surface area contributed by atoms with Crippen LogP contribution in [0.25, 0.3) is 0 Å². The van der Waals surface area contributed by atoms with Gasteiger partial charge in [0.25, 0.3) is 0 Å². The summed E-state index contributed by atoms with van der Waals surface area (Å²) < 4.78 is 6.09. The van der Waals surface area contributed by atoms with E-state index in [0.29, 0.717) is 0 Å². The highest BCUT2D eigenvalue weighted by molar-refractivity contribution is 5.39. The number of halogens is 2.